The quantitative estimate of drug-likeness (QED) is 0.751. The number of rotatable bonds is 3. The van der Waals surface area contributed by atoms with Gasteiger partial charge < -0.3 is 5.32 Å². The standard InChI is InChI=1S/C12H17NS/c1-3-11(13-2)9-5-4-6-12-10(9)7-8-14-12/h3,7-9,11,13H,1,4-6H2,2H3. The van der Waals surface area contributed by atoms with Gasteiger partial charge in [-0.3, -0.25) is 0 Å². The van der Waals surface area contributed by atoms with E-state index < -0.39 is 0 Å². The molecule has 76 valence electrons. The number of nitrogens with one attached hydrogen (secondary N) is 1. The second-order valence-corrected chi connectivity index (χ2v) is 4.85. The van der Waals surface area contributed by atoms with Crippen LogP contribution in [0.3, 0.4) is 0 Å². The average molecular weight is 207 g/mol. The zero-order chi connectivity index (χ0) is 9.97. The summed E-state index contributed by atoms with van der Waals surface area (Å²) in [6.45, 7) is 3.91. The van der Waals surface area contributed by atoms with Crippen molar-refractivity contribution < 1.29 is 0 Å². The Morgan fingerprint density at radius 3 is 3.29 bits per heavy atom. The van der Waals surface area contributed by atoms with Gasteiger partial charge in [-0.1, -0.05) is 6.08 Å². The highest BCUT2D eigenvalue weighted by Gasteiger charge is 2.25. The molecule has 0 fully saturated rings. The molecule has 0 saturated carbocycles. The zero-order valence-electron chi connectivity index (χ0n) is 8.62. The molecule has 2 heteroatoms. The van der Waals surface area contributed by atoms with Crippen molar-refractivity contribution in [2.45, 2.75) is 31.2 Å². The Labute approximate surface area is 89.8 Å². The molecule has 1 aromatic rings. The second kappa shape index (κ2) is 4.28. The van der Waals surface area contributed by atoms with Gasteiger partial charge in [0.1, 0.15) is 0 Å². The maximum atomic E-state index is 3.91. The summed E-state index contributed by atoms with van der Waals surface area (Å²) in [6.07, 6.45) is 5.93. The topological polar surface area (TPSA) is 12.0 Å². The Morgan fingerprint density at radius 1 is 1.71 bits per heavy atom. The summed E-state index contributed by atoms with van der Waals surface area (Å²) < 4.78 is 0. The molecule has 0 radical (unpaired) electrons. The largest absolute Gasteiger partial charge is 0.313 e. The zero-order valence-corrected chi connectivity index (χ0v) is 9.44. The Kier molecular flexibility index (Phi) is 3.04. The van der Waals surface area contributed by atoms with E-state index in [2.05, 4.69) is 23.3 Å². The van der Waals surface area contributed by atoms with E-state index in [4.69, 9.17) is 0 Å². The van der Waals surface area contributed by atoms with Gasteiger partial charge in [0, 0.05) is 16.8 Å². The first-order chi connectivity index (χ1) is 6.86. The van der Waals surface area contributed by atoms with Crippen LogP contribution < -0.4 is 5.32 Å². The first-order valence-corrected chi connectivity index (χ1v) is 6.11. The van der Waals surface area contributed by atoms with E-state index in [-0.39, 0.29) is 0 Å². The van der Waals surface area contributed by atoms with Crippen molar-refractivity contribution in [1.82, 2.24) is 5.32 Å². The SMILES string of the molecule is C=CC(NC)C1CCCc2sccc21. The van der Waals surface area contributed by atoms with Crippen molar-refractivity contribution in [2.24, 2.45) is 0 Å². The molecule has 1 aliphatic rings. The van der Waals surface area contributed by atoms with E-state index in [1.807, 2.05) is 24.5 Å². The average Bonchev–Trinajstić information content (AvgIpc) is 2.68. The highest BCUT2D eigenvalue weighted by atomic mass is 32.1. The molecule has 0 saturated heterocycles. The molecule has 0 spiro atoms. The fraction of sp³-hybridized carbons (Fsp3) is 0.500. The number of likely N-dealkylation sites (N-methyl/N-ethyl adjacent to an activating group) is 1. The fourth-order valence-corrected chi connectivity index (χ4v) is 3.38. The van der Waals surface area contributed by atoms with Crippen molar-refractivity contribution in [1.29, 1.82) is 0 Å². The second-order valence-electron chi connectivity index (χ2n) is 3.85. The van der Waals surface area contributed by atoms with Crippen LogP contribution in [0, 0.1) is 0 Å². The molecular weight excluding hydrogens is 190 g/mol. The molecule has 0 amide bonds. The van der Waals surface area contributed by atoms with Crippen molar-refractivity contribution in [3.8, 4) is 0 Å². The predicted molar refractivity (Wildman–Crippen MR) is 63.0 cm³/mol. The third kappa shape index (κ3) is 1.64. The minimum absolute atomic E-state index is 0.434. The smallest absolute Gasteiger partial charge is 0.0314 e. The van der Waals surface area contributed by atoms with E-state index in [1.165, 1.54) is 19.3 Å². The number of hydrogen-bond donors (Lipinski definition) is 1. The first-order valence-electron chi connectivity index (χ1n) is 5.23. The molecule has 0 aromatic carbocycles. The van der Waals surface area contributed by atoms with Crippen LogP contribution >= 0.6 is 11.3 Å². The summed E-state index contributed by atoms with van der Waals surface area (Å²) in [5, 5.41) is 5.56. The molecule has 1 aliphatic carbocycles. The van der Waals surface area contributed by atoms with Gasteiger partial charge in [-0.05, 0) is 43.3 Å². The highest BCUT2D eigenvalue weighted by molar-refractivity contribution is 7.10. The minimum atomic E-state index is 0.434. The van der Waals surface area contributed by atoms with Crippen LogP contribution in [0.15, 0.2) is 24.1 Å². The number of thiophene rings is 1. The van der Waals surface area contributed by atoms with Crippen LogP contribution in [0.4, 0.5) is 0 Å². The molecule has 1 heterocycles. The molecule has 1 aromatic heterocycles. The molecule has 2 rings (SSSR count). The summed E-state index contributed by atoms with van der Waals surface area (Å²) in [4.78, 5) is 1.59. The molecule has 0 bridgehead atoms. The summed E-state index contributed by atoms with van der Waals surface area (Å²) in [7, 11) is 2.02. The summed E-state index contributed by atoms with van der Waals surface area (Å²) in [5.74, 6) is 0.646. The first kappa shape index (κ1) is 9.94. The maximum Gasteiger partial charge on any atom is 0.0314 e. The van der Waals surface area contributed by atoms with Crippen LogP contribution in [0.1, 0.15) is 29.2 Å². The number of aryl methyl sites for hydroxylation is 1. The van der Waals surface area contributed by atoms with E-state index in [9.17, 15) is 0 Å². The lowest BCUT2D eigenvalue weighted by Crippen LogP contribution is -2.31. The lowest BCUT2D eigenvalue weighted by molar-refractivity contribution is 0.471. The molecule has 1 nitrogen and oxygen atoms in total. The number of hydrogen-bond acceptors (Lipinski definition) is 2. The van der Waals surface area contributed by atoms with Crippen LogP contribution in [0.25, 0.3) is 0 Å². The van der Waals surface area contributed by atoms with Gasteiger partial charge in [-0.25, -0.2) is 0 Å². The summed E-state index contributed by atoms with van der Waals surface area (Å²) >= 11 is 1.91. The van der Waals surface area contributed by atoms with Crippen LogP contribution in [-0.4, -0.2) is 13.1 Å². The Bertz CT molecular complexity index is 316. The molecule has 14 heavy (non-hydrogen) atoms. The highest BCUT2D eigenvalue weighted by Crippen LogP contribution is 2.37. The predicted octanol–water partition coefficient (Wildman–Crippen LogP) is 2.94. The van der Waals surface area contributed by atoms with E-state index in [0.29, 0.717) is 12.0 Å². The lowest BCUT2D eigenvalue weighted by atomic mass is 9.82. The molecular formula is C12H17NS. The normalized spacial score (nSPS) is 22.8. The van der Waals surface area contributed by atoms with Gasteiger partial charge in [-0.2, -0.15) is 0 Å². The Balaban J connectivity index is 2.27. The fourth-order valence-electron chi connectivity index (χ4n) is 2.38. The van der Waals surface area contributed by atoms with Gasteiger partial charge in [0.15, 0.2) is 0 Å². The summed E-state index contributed by atoms with van der Waals surface area (Å²) in [6, 6.07) is 2.72. The van der Waals surface area contributed by atoms with Gasteiger partial charge in [0.25, 0.3) is 0 Å². The van der Waals surface area contributed by atoms with E-state index >= 15 is 0 Å². The molecule has 0 aliphatic heterocycles. The third-order valence-electron chi connectivity index (χ3n) is 3.12. The van der Waals surface area contributed by atoms with Gasteiger partial charge in [0.05, 0.1) is 0 Å². The van der Waals surface area contributed by atoms with Gasteiger partial charge in [-0.15, -0.1) is 17.9 Å². The van der Waals surface area contributed by atoms with E-state index in [0.717, 1.165) is 0 Å². The molecule has 2 unspecified atom stereocenters. The summed E-state index contributed by atoms with van der Waals surface area (Å²) in [5.41, 5.74) is 1.56. The Morgan fingerprint density at radius 2 is 2.57 bits per heavy atom. The molecule has 2 atom stereocenters. The van der Waals surface area contributed by atoms with Gasteiger partial charge in [0.2, 0.25) is 0 Å². The maximum absolute atomic E-state index is 3.91. The van der Waals surface area contributed by atoms with Crippen LogP contribution in [-0.2, 0) is 6.42 Å². The monoisotopic (exact) mass is 207 g/mol. The van der Waals surface area contributed by atoms with E-state index in [1.54, 1.807) is 10.4 Å². The third-order valence-corrected chi connectivity index (χ3v) is 4.12. The molecule has 1 N–H and O–H groups in total. The van der Waals surface area contributed by atoms with Crippen molar-refractivity contribution in [3.05, 3.63) is 34.5 Å². The lowest BCUT2D eigenvalue weighted by Gasteiger charge is -2.28. The van der Waals surface area contributed by atoms with Crippen LogP contribution in [0.5, 0.6) is 0 Å². The Hall–Kier alpha value is -0.600. The minimum Gasteiger partial charge on any atom is -0.313 e. The van der Waals surface area contributed by atoms with Crippen molar-refractivity contribution in [2.75, 3.05) is 7.05 Å². The van der Waals surface area contributed by atoms with Crippen LogP contribution in [0.2, 0.25) is 0 Å². The number of fused-ring (bicyclic) bond motifs is 1. The van der Waals surface area contributed by atoms with Crippen molar-refractivity contribution in [3.63, 3.8) is 0 Å². The van der Waals surface area contributed by atoms with Gasteiger partial charge >= 0.3 is 0 Å². The van der Waals surface area contributed by atoms with Crippen molar-refractivity contribution >= 4 is 11.3 Å².